The summed E-state index contributed by atoms with van der Waals surface area (Å²) in [6.45, 7) is 2.86. The summed E-state index contributed by atoms with van der Waals surface area (Å²) < 4.78 is 0. The van der Waals surface area contributed by atoms with Gasteiger partial charge in [-0.3, -0.25) is 4.90 Å². The minimum Gasteiger partial charge on any atom is -0.508 e. The number of phenols is 1. The molecule has 1 aliphatic rings. The lowest BCUT2D eigenvalue weighted by molar-refractivity contribution is 0.245. The number of rotatable bonds is 2. The van der Waals surface area contributed by atoms with E-state index in [0.29, 0.717) is 5.75 Å². The smallest absolute Gasteiger partial charge is 0.120 e. The number of hydrogen-bond acceptors (Lipinski definition) is 3. The molecule has 2 nitrogen and oxygen atoms in total. The number of nitrogens with zero attached hydrogens (tertiary/aromatic N) is 1. The summed E-state index contributed by atoms with van der Waals surface area (Å²) in [4.78, 5) is 3.95. The third-order valence-electron chi connectivity index (χ3n) is 4.28. The molecule has 3 heteroatoms. The number of benzene rings is 2. The quantitative estimate of drug-likeness (QED) is 0.767. The van der Waals surface area contributed by atoms with Gasteiger partial charge in [-0.1, -0.05) is 30.3 Å². The average Bonchev–Trinajstić information content (AvgIpc) is 2.98. The molecule has 0 fully saturated rings. The van der Waals surface area contributed by atoms with Gasteiger partial charge in [0.1, 0.15) is 5.75 Å². The highest BCUT2D eigenvalue weighted by Crippen LogP contribution is 2.31. The first kappa shape index (κ1) is 12.9. The largest absolute Gasteiger partial charge is 0.508 e. The molecule has 106 valence electrons. The van der Waals surface area contributed by atoms with Crippen molar-refractivity contribution in [2.75, 3.05) is 6.54 Å². The molecule has 3 aromatic rings. The lowest BCUT2D eigenvalue weighted by atomic mass is 10.0. The zero-order chi connectivity index (χ0) is 14.2. The van der Waals surface area contributed by atoms with E-state index in [1.54, 1.807) is 0 Å². The highest BCUT2D eigenvalue weighted by atomic mass is 32.1. The summed E-state index contributed by atoms with van der Waals surface area (Å²) in [6, 6.07) is 14.3. The molecule has 1 N–H and O–H groups in total. The van der Waals surface area contributed by atoms with Crippen LogP contribution in [0.3, 0.4) is 0 Å². The molecular formula is C18H17NOS. The number of fused-ring (bicyclic) bond motifs is 2. The third kappa shape index (κ3) is 2.33. The molecule has 0 saturated heterocycles. The van der Waals surface area contributed by atoms with Gasteiger partial charge in [0, 0.05) is 30.1 Å². The Bertz CT molecular complexity index is 793. The van der Waals surface area contributed by atoms with Crippen molar-refractivity contribution in [2.24, 2.45) is 0 Å². The van der Waals surface area contributed by atoms with Gasteiger partial charge in [0.2, 0.25) is 0 Å². The summed E-state index contributed by atoms with van der Waals surface area (Å²) in [5, 5.41) is 14.8. The van der Waals surface area contributed by atoms with E-state index in [2.05, 4.69) is 28.5 Å². The van der Waals surface area contributed by atoms with Crippen LogP contribution in [0.1, 0.15) is 16.0 Å². The first-order chi connectivity index (χ1) is 10.3. The molecule has 2 heterocycles. The van der Waals surface area contributed by atoms with Crippen LogP contribution in [0.25, 0.3) is 10.8 Å². The van der Waals surface area contributed by atoms with E-state index in [4.69, 9.17) is 0 Å². The monoisotopic (exact) mass is 295 g/mol. The molecule has 0 spiro atoms. The fraction of sp³-hybridized carbons (Fsp3) is 0.222. The molecule has 4 rings (SSSR count). The summed E-state index contributed by atoms with van der Waals surface area (Å²) in [5.41, 5.74) is 2.50. The molecule has 0 saturated carbocycles. The van der Waals surface area contributed by atoms with Gasteiger partial charge >= 0.3 is 0 Å². The molecule has 0 unspecified atom stereocenters. The fourth-order valence-corrected chi connectivity index (χ4v) is 4.05. The Kier molecular flexibility index (Phi) is 3.17. The van der Waals surface area contributed by atoms with Gasteiger partial charge in [-0.05, 0) is 40.3 Å². The van der Waals surface area contributed by atoms with Gasteiger partial charge in [-0.2, -0.15) is 0 Å². The van der Waals surface area contributed by atoms with Gasteiger partial charge in [-0.15, -0.1) is 11.3 Å². The lowest BCUT2D eigenvalue weighted by Crippen LogP contribution is -2.29. The van der Waals surface area contributed by atoms with E-state index in [9.17, 15) is 5.11 Å². The highest BCUT2D eigenvalue weighted by Gasteiger charge is 2.19. The maximum Gasteiger partial charge on any atom is 0.120 e. The van der Waals surface area contributed by atoms with Crippen LogP contribution in [0.2, 0.25) is 0 Å². The Hall–Kier alpha value is -1.84. The Morgan fingerprint density at radius 1 is 1.10 bits per heavy atom. The number of aromatic hydroxyl groups is 1. The van der Waals surface area contributed by atoms with E-state index in [1.165, 1.54) is 15.8 Å². The predicted octanol–water partition coefficient (Wildman–Crippen LogP) is 4.17. The molecule has 0 amide bonds. The first-order valence-corrected chi connectivity index (χ1v) is 8.16. The minimum absolute atomic E-state index is 0.407. The van der Waals surface area contributed by atoms with E-state index < -0.39 is 0 Å². The third-order valence-corrected chi connectivity index (χ3v) is 5.31. The summed E-state index contributed by atoms with van der Waals surface area (Å²) in [7, 11) is 0. The second kappa shape index (κ2) is 5.17. The molecule has 2 aromatic carbocycles. The zero-order valence-corrected chi connectivity index (χ0v) is 12.6. The number of hydrogen-bond donors (Lipinski definition) is 1. The molecule has 1 aromatic heterocycles. The maximum atomic E-state index is 10.3. The fourth-order valence-electron chi connectivity index (χ4n) is 3.16. The van der Waals surface area contributed by atoms with Crippen LogP contribution in [-0.2, 0) is 19.5 Å². The molecular weight excluding hydrogens is 278 g/mol. The van der Waals surface area contributed by atoms with Crippen LogP contribution in [0.4, 0.5) is 0 Å². The van der Waals surface area contributed by atoms with Crippen LogP contribution in [-0.4, -0.2) is 16.6 Å². The standard InChI is InChI=1S/C18H17NOS/c20-17-6-5-13-3-1-2-4-15(13)16(17)12-19-9-7-18-14(11-19)8-10-21-18/h1-6,8,10,20H,7,9,11-12H2. The predicted molar refractivity (Wildman–Crippen MR) is 87.7 cm³/mol. The minimum atomic E-state index is 0.407. The SMILES string of the molecule is Oc1ccc2ccccc2c1CN1CCc2sccc2C1. The van der Waals surface area contributed by atoms with Gasteiger partial charge < -0.3 is 5.11 Å². The van der Waals surface area contributed by atoms with Crippen molar-refractivity contribution in [3.63, 3.8) is 0 Å². The van der Waals surface area contributed by atoms with Crippen molar-refractivity contribution >= 4 is 22.1 Å². The average molecular weight is 295 g/mol. The second-order valence-electron chi connectivity index (χ2n) is 5.61. The number of thiophene rings is 1. The topological polar surface area (TPSA) is 23.5 Å². The zero-order valence-electron chi connectivity index (χ0n) is 11.7. The van der Waals surface area contributed by atoms with E-state index in [0.717, 1.165) is 37.0 Å². The van der Waals surface area contributed by atoms with Crippen molar-refractivity contribution in [1.82, 2.24) is 4.90 Å². The summed E-state index contributed by atoms with van der Waals surface area (Å²) in [6.07, 6.45) is 1.12. The van der Waals surface area contributed by atoms with Crippen LogP contribution >= 0.6 is 11.3 Å². The van der Waals surface area contributed by atoms with Crippen LogP contribution in [0, 0.1) is 0 Å². The van der Waals surface area contributed by atoms with Crippen molar-refractivity contribution in [3.8, 4) is 5.75 Å². The van der Waals surface area contributed by atoms with E-state index >= 15 is 0 Å². The second-order valence-corrected chi connectivity index (χ2v) is 6.61. The Morgan fingerprint density at radius 2 is 2.00 bits per heavy atom. The Balaban J connectivity index is 1.67. The van der Waals surface area contributed by atoms with E-state index in [-0.39, 0.29) is 0 Å². The van der Waals surface area contributed by atoms with Crippen LogP contribution in [0.15, 0.2) is 47.8 Å². The Labute approximate surface area is 128 Å². The Morgan fingerprint density at radius 3 is 2.95 bits per heavy atom. The highest BCUT2D eigenvalue weighted by molar-refractivity contribution is 7.10. The molecule has 21 heavy (non-hydrogen) atoms. The van der Waals surface area contributed by atoms with Crippen LogP contribution in [0.5, 0.6) is 5.75 Å². The van der Waals surface area contributed by atoms with Crippen molar-refractivity contribution in [1.29, 1.82) is 0 Å². The van der Waals surface area contributed by atoms with Crippen LogP contribution < -0.4 is 0 Å². The molecule has 1 aliphatic heterocycles. The molecule has 0 radical (unpaired) electrons. The summed E-state index contributed by atoms with van der Waals surface area (Å²) >= 11 is 1.86. The molecule has 0 atom stereocenters. The van der Waals surface area contributed by atoms with Crippen molar-refractivity contribution in [3.05, 3.63) is 63.8 Å². The maximum absolute atomic E-state index is 10.3. The summed E-state index contributed by atoms with van der Waals surface area (Å²) in [5.74, 6) is 0.407. The van der Waals surface area contributed by atoms with Gasteiger partial charge in [0.25, 0.3) is 0 Å². The van der Waals surface area contributed by atoms with Gasteiger partial charge in [-0.25, -0.2) is 0 Å². The van der Waals surface area contributed by atoms with E-state index in [1.807, 2.05) is 35.6 Å². The van der Waals surface area contributed by atoms with Gasteiger partial charge in [0.05, 0.1) is 0 Å². The molecule has 0 aliphatic carbocycles. The van der Waals surface area contributed by atoms with Gasteiger partial charge in [0.15, 0.2) is 0 Å². The van der Waals surface area contributed by atoms with Crippen molar-refractivity contribution in [2.45, 2.75) is 19.5 Å². The lowest BCUT2D eigenvalue weighted by Gasteiger charge is -2.27. The number of phenolic OH excluding ortho intramolecular Hbond substituents is 1. The molecule has 0 bridgehead atoms. The normalized spacial score (nSPS) is 15.2. The first-order valence-electron chi connectivity index (χ1n) is 7.28. The van der Waals surface area contributed by atoms with Crippen molar-refractivity contribution < 1.29 is 5.11 Å².